The number of rotatable bonds is 3. The van der Waals surface area contributed by atoms with Crippen molar-refractivity contribution < 1.29 is 60.1 Å². The van der Waals surface area contributed by atoms with Crippen LogP contribution in [0.3, 0.4) is 0 Å². The van der Waals surface area contributed by atoms with Crippen LogP contribution in [0.25, 0.3) is 5.69 Å². The van der Waals surface area contributed by atoms with E-state index in [9.17, 15) is 40.6 Å². The van der Waals surface area contributed by atoms with Crippen molar-refractivity contribution in [2.24, 2.45) is 0 Å². The van der Waals surface area contributed by atoms with Crippen LogP contribution in [0.2, 0.25) is 0 Å². The molecule has 0 spiro atoms. The number of halogens is 7. The molecule has 0 atom stereocenters. The van der Waals surface area contributed by atoms with E-state index in [1.54, 1.807) is 0 Å². The van der Waals surface area contributed by atoms with Gasteiger partial charge in [-0.05, 0) is 37.6 Å². The summed E-state index contributed by atoms with van der Waals surface area (Å²) in [4.78, 5) is 12.8. The number of alkyl halides is 3. The van der Waals surface area contributed by atoms with Crippen molar-refractivity contribution >= 4 is 5.78 Å². The molecule has 0 saturated carbocycles. The van der Waals surface area contributed by atoms with Gasteiger partial charge in [-0.1, -0.05) is 0 Å². The van der Waals surface area contributed by atoms with Crippen LogP contribution in [0.5, 0.6) is 5.88 Å². The summed E-state index contributed by atoms with van der Waals surface area (Å²) >= 11 is 0. The number of nitriles is 1. The standard InChI is InChI=1S/C20H10F7N3O2.Zn/c1-7-3-9(5-10(4-7)20(25,26)27)18(31)12-8(2)29-30(19(12)32)17-15(23)13(21)11(6-28)14(22)16(17)24;/h3-5,32H,1-2H3;. The number of aromatic hydroxyl groups is 1. The van der Waals surface area contributed by atoms with Gasteiger partial charge in [-0.25, -0.2) is 17.6 Å². The first-order valence-corrected chi connectivity index (χ1v) is 8.58. The third-order valence-electron chi connectivity index (χ3n) is 4.49. The molecule has 1 N–H and O–H groups in total. The monoisotopic (exact) mass is 521 g/mol. The third-order valence-corrected chi connectivity index (χ3v) is 4.49. The Morgan fingerprint density at radius 2 is 1.58 bits per heavy atom. The summed E-state index contributed by atoms with van der Waals surface area (Å²) in [5.41, 5.74) is -5.87. The van der Waals surface area contributed by atoms with Crippen LogP contribution in [0, 0.1) is 48.4 Å². The number of carbonyl (C=O) groups is 1. The molecule has 0 unspecified atom stereocenters. The van der Waals surface area contributed by atoms with Crippen molar-refractivity contribution in [1.29, 1.82) is 5.26 Å². The van der Waals surface area contributed by atoms with Crippen molar-refractivity contribution in [1.82, 2.24) is 9.78 Å². The molecule has 0 aliphatic heterocycles. The molecule has 0 bridgehead atoms. The second kappa shape index (κ2) is 8.94. The Hall–Kier alpha value is -3.26. The molecule has 168 valence electrons. The molecule has 33 heavy (non-hydrogen) atoms. The van der Waals surface area contributed by atoms with Gasteiger partial charge in [-0.2, -0.15) is 28.2 Å². The molecule has 0 radical (unpaired) electrons. The van der Waals surface area contributed by atoms with Gasteiger partial charge < -0.3 is 5.11 Å². The van der Waals surface area contributed by atoms with Gasteiger partial charge in [0.2, 0.25) is 5.88 Å². The van der Waals surface area contributed by atoms with Gasteiger partial charge in [-0.15, -0.1) is 0 Å². The second-order valence-corrected chi connectivity index (χ2v) is 6.70. The van der Waals surface area contributed by atoms with Gasteiger partial charge in [0.05, 0.1) is 11.3 Å². The zero-order chi connectivity index (χ0) is 24.1. The average molecular weight is 523 g/mol. The van der Waals surface area contributed by atoms with Crippen LogP contribution < -0.4 is 0 Å². The van der Waals surface area contributed by atoms with E-state index in [1.165, 1.54) is 6.92 Å². The van der Waals surface area contributed by atoms with Crippen LogP contribution in [-0.4, -0.2) is 20.7 Å². The van der Waals surface area contributed by atoms with Crippen molar-refractivity contribution in [2.45, 2.75) is 20.0 Å². The number of benzene rings is 2. The summed E-state index contributed by atoms with van der Waals surface area (Å²) in [6.07, 6.45) is -4.79. The summed E-state index contributed by atoms with van der Waals surface area (Å²) < 4.78 is 95.8. The molecule has 1 aromatic heterocycles. The normalized spacial score (nSPS) is 11.2. The van der Waals surface area contributed by atoms with E-state index in [0.717, 1.165) is 25.1 Å². The number of ketones is 1. The summed E-state index contributed by atoms with van der Waals surface area (Å²) in [6.45, 7) is 2.37. The van der Waals surface area contributed by atoms with Gasteiger partial charge in [-0.3, -0.25) is 4.79 Å². The number of nitrogens with zero attached hydrogens (tertiary/aromatic N) is 3. The number of hydrogen-bond donors (Lipinski definition) is 1. The number of aromatic nitrogens is 2. The summed E-state index contributed by atoms with van der Waals surface area (Å²) in [5, 5.41) is 22.5. The van der Waals surface area contributed by atoms with E-state index >= 15 is 0 Å². The fourth-order valence-corrected chi connectivity index (χ4v) is 3.06. The number of carbonyl (C=O) groups excluding carboxylic acids is 1. The van der Waals surface area contributed by atoms with E-state index in [2.05, 4.69) is 5.10 Å². The Bertz CT molecular complexity index is 1300. The predicted molar refractivity (Wildman–Crippen MR) is 94.1 cm³/mol. The maximum Gasteiger partial charge on any atom is 0.416 e. The minimum Gasteiger partial charge on any atom is -0.493 e. The number of aryl methyl sites for hydroxylation is 2. The minimum atomic E-state index is -4.79. The molecular weight excluding hydrogens is 513 g/mol. The van der Waals surface area contributed by atoms with Crippen LogP contribution in [0.4, 0.5) is 30.7 Å². The molecule has 0 aliphatic rings. The Kier molecular flexibility index (Phi) is 7.04. The molecule has 0 fully saturated rings. The Labute approximate surface area is 193 Å². The molecule has 0 aliphatic carbocycles. The maximum absolute atomic E-state index is 14.3. The molecule has 1 heterocycles. The number of hydrogen-bond acceptors (Lipinski definition) is 4. The molecule has 5 nitrogen and oxygen atoms in total. The molecule has 3 aromatic rings. The van der Waals surface area contributed by atoms with Gasteiger partial charge in [0, 0.05) is 25.0 Å². The first-order chi connectivity index (χ1) is 14.8. The minimum absolute atomic E-state index is 0. The maximum atomic E-state index is 14.3. The molecule has 13 heteroatoms. The van der Waals surface area contributed by atoms with Crippen molar-refractivity contribution in [3.8, 4) is 17.6 Å². The molecule has 2 aromatic carbocycles. The van der Waals surface area contributed by atoms with E-state index in [4.69, 9.17) is 5.26 Å². The van der Waals surface area contributed by atoms with E-state index in [1.807, 2.05) is 0 Å². The van der Waals surface area contributed by atoms with Gasteiger partial charge in [0.15, 0.2) is 29.1 Å². The summed E-state index contributed by atoms with van der Waals surface area (Å²) in [6, 6.07) is 3.31. The quantitative estimate of drug-likeness (QED) is 0.230. The average Bonchev–Trinajstić information content (AvgIpc) is 2.99. The van der Waals surface area contributed by atoms with E-state index < -0.39 is 74.7 Å². The van der Waals surface area contributed by atoms with Crippen molar-refractivity contribution in [3.05, 3.63) is 75.0 Å². The van der Waals surface area contributed by atoms with Crippen LogP contribution in [-0.2, 0) is 25.7 Å². The zero-order valence-corrected chi connectivity index (χ0v) is 19.7. The largest absolute Gasteiger partial charge is 0.493 e. The summed E-state index contributed by atoms with van der Waals surface area (Å²) in [7, 11) is 0. The Morgan fingerprint density at radius 3 is 2.06 bits per heavy atom. The van der Waals surface area contributed by atoms with Gasteiger partial charge >= 0.3 is 6.18 Å². The molecule has 0 saturated heterocycles. The van der Waals surface area contributed by atoms with Crippen LogP contribution in [0.1, 0.15) is 38.3 Å². The first kappa shape index (κ1) is 26.0. The van der Waals surface area contributed by atoms with Crippen LogP contribution >= 0.6 is 0 Å². The van der Waals surface area contributed by atoms with E-state index in [-0.39, 0.29) is 29.7 Å². The zero-order valence-electron chi connectivity index (χ0n) is 16.8. The molecular formula is C20H10F7N3O2Zn. The molecule has 0 amide bonds. The fourth-order valence-electron chi connectivity index (χ4n) is 3.06. The van der Waals surface area contributed by atoms with Crippen molar-refractivity contribution in [3.63, 3.8) is 0 Å². The van der Waals surface area contributed by atoms with E-state index in [0.29, 0.717) is 6.07 Å². The van der Waals surface area contributed by atoms with Crippen LogP contribution in [0.15, 0.2) is 18.2 Å². The van der Waals surface area contributed by atoms with Gasteiger partial charge in [0.25, 0.3) is 0 Å². The topological polar surface area (TPSA) is 78.9 Å². The summed E-state index contributed by atoms with van der Waals surface area (Å²) in [5.74, 6) is -10.7. The Balaban J connectivity index is 0.00000385. The smallest absolute Gasteiger partial charge is 0.416 e. The molecule has 3 rings (SSSR count). The third kappa shape index (κ3) is 4.35. The predicted octanol–water partition coefficient (Wildman–Crippen LogP) is 4.87. The first-order valence-electron chi connectivity index (χ1n) is 8.58. The Morgan fingerprint density at radius 1 is 1.03 bits per heavy atom. The SMILES string of the molecule is Cc1cc(C(=O)c2c(C)nn(-c3c(F)c(F)c(C#N)c(F)c3F)c2O)cc(C(F)(F)F)c1.[Zn]. The van der Waals surface area contributed by atoms with Crippen molar-refractivity contribution in [2.75, 3.05) is 0 Å². The van der Waals surface area contributed by atoms with Gasteiger partial charge in [0.1, 0.15) is 22.9 Å². The fraction of sp³-hybridized carbons (Fsp3) is 0.150. The second-order valence-electron chi connectivity index (χ2n) is 6.70.